The van der Waals surface area contributed by atoms with Crippen LogP contribution in [0.15, 0.2) is 29.2 Å². The van der Waals surface area contributed by atoms with Gasteiger partial charge in [0.05, 0.1) is 17.2 Å². The Morgan fingerprint density at radius 3 is 2.43 bits per heavy atom. The van der Waals surface area contributed by atoms with E-state index in [4.69, 9.17) is 10.5 Å². The molecule has 0 amide bonds. The minimum Gasteiger partial charge on any atom is -0.383 e. The summed E-state index contributed by atoms with van der Waals surface area (Å²) in [5, 5.41) is 0. The lowest BCUT2D eigenvalue weighted by molar-refractivity contribution is -0.0435. The van der Waals surface area contributed by atoms with Gasteiger partial charge in [-0.2, -0.15) is 13.2 Å². The molecule has 21 heavy (non-hydrogen) atoms. The van der Waals surface area contributed by atoms with Crippen LogP contribution in [-0.2, 0) is 14.6 Å². The van der Waals surface area contributed by atoms with E-state index >= 15 is 0 Å². The first kappa shape index (κ1) is 17.7. The lowest BCUT2D eigenvalue weighted by Crippen LogP contribution is -2.39. The number of rotatable bonds is 6. The topological polar surface area (TPSA) is 72.6 Å². The molecule has 0 saturated carbocycles. The molecule has 0 heterocycles. The second-order valence-electron chi connectivity index (χ2n) is 4.51. The Balaban J connectivity index is 3.17. The molecular formula is C12H17F3N2O3S. The number of sulfone groups is 1. The van der Waals surface area contributed by atoms with Gasteiger partial charge in [0.1, 0.15) is 0 Å². The number of ether oxygens (including phenoxy) is 1. The molecule has 1 aromatic carbocycles. The third-order valence-electron chi connectivity index (χ3n) is 2.76. The molecule has 0 bridgehead atoms. The predicted molar refractivity (Wildman–Crippen MR) is 72.8 cm³/mol. The van der Waals surface area contributed by atoms with E-state index in [0.29, 0.717) is 0 Å². The summed E-state index contributed by atoms with van der Waals surface area (Å²) in [6, 6.07) is 4.48. The SMILES string of the molecule is COCC(N)CN(C)c1ccccc1S(=O)(=O)C(F)(F)F. The van der Waals surface area contributed by atoms with Gasteiger partial charge in [-0.1, -0.05) is 12.1 Å². The van der Waals surface area contributed by atoms with Gasteiger partial charge in [0.2, 0.25) is 0 Å². The molecule has 0 aromatic heterocycles. The number of para-hydroxylation sites is 1. The molecule has 0 spiro atoms. The first-order valence-corrected chi connectivity index (χ1v) is 7.45. The molecule has 0 aliphatic rings. The minimum atomic E-state index is -5.41. The van der Waals surface area contributed by atoms with Crippen molar-refractivity contribution in [3.63, 3.8) is 0 Å². The van der Waals surface area contributed by atoms with E-state index in [-0.39, 0.29) is 18.8 Å². The molecule has 1 rings (SSSR count). The fraction of sp³-hybridized carbons (Fsp3) is 0.500. The van der Waals surface area contributed by atoms with Crippen LogP contribution in [0, 0.1) is 0 Å². The maximum atomic E-state index is 12.7. The Bertz CT molecular complexity index is 575. The highest BCUT2D eigenvalue weighted by Crippen LogP contribution is 2.35. The molecular weight excluding hydrogens is 309 g/mol. The monoisotopic (exact) mass is 326 g/mol. The Hall–Kier alpha value is -1.32. The lowest BCUT2D eigenvalue weighted by Gasteiger charge is -2.25. The summed E-state index contributed by atoms with van der Waals surface area (Å²) in [5.74, 6) is 0. The van der Waals surface area contributed by atoms with E-state index in [0.717, 1.165) is 6.07 Å². The summed E-state index contributed by atoms with van der Waals surface area (Å²) in [7, 11) is -2.50. The average molecular weight is 326 g/mol. The van der Waals surface area contributed by atoms with Crippen LogP contribution in [0.4, 0.5) is 18.9 Å². The zero-order chi connectivity index (χ0) is 16.3. The van der Waals surface area contributed by atoms with Crippen molar-refractivity contribution in [2.45, 2.75) is 16.4 Å². The highest BCUT2D eigenvalue weighted by Gasteiger charge is 2.48. The van der Waals surface area contributed by atoms with Crippen LogP contribution in [0.5, 0.6) is 0 Å². The minimum absolute atomic E-state index is 0.0543. The van der Waals surface area contributed by atoms with Crippen LogP contribution in [-0.4, -0.2) is 47.3 Å². The third-order valence-corrected chi connectivity index (χ3v) is 4.29. The van der Waals surface area contributed by atoms with Crippen LogP contribution in [0.1, 0.15) is 0 Å². The maximum absolute atomic E-state index is 12.7. The highest BCUT2D eigenvalue weighted by atomic mass is 32.2. The van der Waals surface area contributed by atoms with Crippen LogP contribution in [0.2, 0.25) is 0 Å². The van der Waals surface area contributed by atoms with E-state index in [2.05, 4.69) is 0 Å². The Labute approximate surface area is 121 Å². The average Bonchev–Trinajstić information content (AvgIpc) is 2.37. The molecule has 1 aromatic rings. The molecule has 1 unspecified atom stereocenters. The maximum Gasteiger partial charge on any atom is 0.501 e. The molecule has 0 aliphatic heterocycles. The second kappa shape index (κ2) is 6.63. The number of halogens is 3. The number of methoxy groups -OCH3 is 1. The number of hydrogen-bond acceptors (Lipinski definition) is 5. The highest BCUT2D eigenvalue weighted by molar-refractivity contribution is 7.92. The zero-order valence-corrected chi connectivity index (χ0v) is 12.4. The number of anilines is 1. The molecule has 2 N–H and O–H groups in total. The third kappa shape index (κ3) is 4.08. The number of alkyl halides is 3. The number of nitrogens with zero attached hydrogens (tertiary/aromatic N) is 1. The molecule has 0 radical (unpaired) electrons. The fourth-order valence-electron chi connectivity index (χ4n) is 1.84. The predicted octanol–water partition coefficient (Wildman–Crippen LogP) is 1.39. The molecule has 5 nitrogen and oxygen atoms in total. The van der Waals surface area contributed by atoms with Gasteiger partial charge in [-0.25, -0.2) is 8.42 Å². The number of likely N-dealkylation sites (N-methyl/N-ethyl adjacent to an activating group) is 1. The van der Waals surface area contributed by atoms with Crippen molar-refractivity contribution in [3.05, 3.63) is 24.3 Å². The molecule has 120 valence electrons. The van der Waals surface area contributed by atoms with Crippen LogP contribution in [0.3, 0.4) is 0 Å². The standard InChI is InChI=1S/C12H17F3N2O3S/c1-17(7-9(16)8-20-2)10-5-3-4-6-11(10)21(18,19)12(13,14)15/h3-6,9H,7-8,16H2,1-2H3. The molecule has 0 aliphatic carbocycles. The van der Waals surface area contributed by atoms with Crippen molar-refractivity contribution in [2.75, 3.05) is 32.2 Å². The Morgan fingerprint density at radius 2 is 1.90 bits per heavy atom. The van der Waals surface area contributed by atoms with Crippen LogP contribution < -0.4 is 10.6 Å². The summed E-state index contributed by atoms with van der Waals surface area (Å²) in [5.41, 5.74) is 0.326. The molecule has 1 atom stereocenters. The van der Waals surface area contributed by atoms with Crippen molar-refractivity contribution >= 4 is 15.5 Å². The van der Waals surface area contributed by atoms with Gasteiger partial charge < -0.3 is 15.4 Å². The quantitative estimate of drug-likeness (QED) is 0.855. The molecule has 0 fully saturated rings. The van der Waals surface area contributed by atoms with Crippen molar-refractivity contribution in [1.82, 2.24) is 0 Å². The molecule has 9 heteroatoms. The first-order valence-electron chi connectivity index (χ1n) is 5.97. The first-order chi connectivity index (χ1) is 9.61. The van der Waals surface area contributed by atoms with Gasteiger partial charge >= 0.3 is 5.51 Å². The van der Waals surface area contributed by atoms with Crippen molar-refractivity contribution in [2.24, 2.45) is 5.73 Å². The van der Waals surface area contributed by atoms with Gasteiger partial charge in [-0.05, 0) is 12.1 Å². The second-order valence-corrected chi connectivity index (χ2v) is 6.42. The largest absolute Gasteiger partial charge is 0.501 e. The summed E-state index contributed by atoms with van der Waals surface area (Å²) in [4.78, 5) is 0.576. The van der Waals surface area contributed by atoms with E-state index in [9.17, 15) is 21.6 Å². The summed E-state index contributed by atoms with van der Waals surface area (Å²) in [6.45, 7) is 0.358. The summed E-state index contributed by atoms with van der Waals surface area (Å²) < 4.78 is 66.1. The Morgan fingerprint density at radius 1 is 1.33 bits per heavy atom. The number of nitrogens with two attached hydrogens (primary N) is 1. The van der Waals surface area contributed by atoms with Crippen molar-refractivity contribution in [3.8, 4) is 0 Å². The van der Waals surface area contributed by atoms with Crippen molar-refractivity contribution < 1.29 is 26.3 Å². The van der Waals surface area contributed by atoms with Gasteiger partial charge in [0.15, 0.2) is 0 Å². The van der Waals surface area contributed by atoms with Gasteiger partial charge in [0, 0.05) is 26.7 Å². The lowest BCUT2D eigenvalue weighted by atomic mass is 10.2. The summed E-state index contributed by atoms with van der Waals surface area (Å²) >= 11 is 0. The van der Waals surface area contributed by atoms with E-state index in [1.807, 2.05) is 0 Å². The number of benzene rings is 1. The normalized spacial score (nSPS) is 14.0. The van der Waals surface area contributed by atoms with E-state index in [1.165, 1.54) is 37.3 Å². The Kier molecular flexibility index (Phi) is 5.60. The van der Waals surface area contributed by atoms with E-state index < -0.39 is 26.3 Å². The van der Waals surface area contributed by atoms with Crippen LogP contribution in [0.25, 0.3) is 0 Å². The smallest absolute Gasteiger partial charge is 0.383 e. The van der Waals surface area contributed by atoms with Crippen molar-refractivity contribution in [1.29, 1.82) is 0 Å². The molecule has 0 saturated heterocycles. The zero-order valence-electron chi connectivity index (χ0n) is 11.6. The fourth-order valence-corrected chi connectivity index (χ4v) is 2.85. The van der Waals surface area contributed by atoms with Gasteiger partial charge in [0.25, 0.3) is 9.84 Å². The number of hydrogen-bond donors (Lipinski definition) is 1. The van der Waals surface area contributed by atoms with Crippen LogP contribution >= 0.6 is 0 Å². The van der Waals surface area contributed by atoms with Gasteiger partial charge in [-0.3, -0.25) is 0 Å². The van der Waals surface area contributed by atoms with Gasteiger partial charge in [-0.15, -0.1) is 0 Å². The summed E-state index contributed by atoms with van der Waals surface area (Å²) in [6.07, 6.45) is 0. The van der Waals surface area contributed by atoms with E-state index in [1.54, 1.807) is 0 Å².